The van der Waals surface area contributed by atoms with E-state index in [0.29, 0.717) is 0 Å². The first-order valence-electron chi connectivity index (χ1n) is 4.46. The van der Waals surface area contributed by atoms with Crippen LogP contribution in [0.4, 0.5) is 0 Å². The van der Waals surface area contributed by atoms with Crippen molar-refractivity contribution < 1.29 is 0 Å². The molecule has 0 fully saturated rings. The van der Waals surface area contributed by atoms with Crippen LogP contribution in [-0.4, -0.2) is 0 Å². The predicted octanol–water partition coefficient (Wildman–Crippen LogP) is 4.67. The summed E-state index contributed by atoms with van der Waals surface area (Å²) in [4.78, 5) is 0. The van der Waals surface area contributed by atoms with Crippen LogP contribution in [0.1, 0.15) is 11.1 Å². The molecular weight excluding hydrogens is 398 g/mol. The van der Waals surface area contributed by atoms with Gasteiger partial charge < -0.3 is 0 Å². The Hall–Kier alpha value is 0.160. The average molecular weight is 408 g/mol. The van der Waals surface area contributed by atoms with Gasteiger partial charge in [0, 0.05) is 7.14 Å². The zero-order valence-electron chi connectivity index (χ0n) is 8.07. The predicted molar refractivity (Wildman–Crippen MR) is 78.9 cm³/mol. The molecular formula is C12H10I2. The van der Waals surface area contributed by atoms with E-state index in [1.165, 1.54) is 29.0 Å². The summed E-state index contributed by atoms with van der Waals surface area (Å²) in [6.45, 7) is 4.40. The molecule has 0 heterocycles. The Morgan fingerprint density at radius 3 is 1.50 bits per heavy atom. The van der Waals surface area contributed by atoms with Gasteiger partial charge in [0.05, 0.1) is 0 Å². The second-order valence-corrected chi connectivity index (χ2v) is 5.58. The van der Waals surface area contributed by atoms with Gasteiger partial charge >= 0.3 is 0 Å². The summed E-state index contributed by atoms with van der Waals surface area (Å²) in [7, 11) is 0. The van der Waals surface area contributed by atoms with E-state index in [1.54, 1.807) is 0 Å². The number of halogens is 2. The summed E-state index contributed by atoms with van der Waals surface area (Å²) in [5, 5.41) is 2.77. The highest BCUT2D eigenvalue weighted by molar-refractivity contribution is 14.1. The minimum absolute atomic E-state index is 1.38. The molecule has 0 aliphatic rings. The molecule has 0 nitrogen and oxygen atoms in total. The molecule has 0 radical (unpaired) electrons. The van der Waals surface area contributed by atoms with Crippen molar-refractivity contribution in [1.82, 2.24) is 0 Å². The van der Waals surface area contributed by atoms with Crippen molar-refractivity contribution in [2.75, 3.05) is 0 Å². The van der Waals surface area contributed by atoms with E-state index < -0.39 is 0 Å². The zero-order chi connectivity index (χ0) is 10.3. The molecule has 2 rings (SSSR count). The van der Waals surface area contributed by atoms with Gasteiger partial charge in [-0.25, -0.2) is 0 Å². The number of fused-ring (bicyclic) bond motifs is 1. The monoisotopic (exact) mass is 408 g/mol. The van der Waals surface area contributed by atoms with E-state index in [9.17, 15) is 0 Å². The van der Waals surface area contributed by atoms with Crippen molar-refractivity contribution in [2.45, 2.75) is 13.8 Å². The number of hydrogen-bond donors (Lipinski definition) is 0. The van der Waals surface area contributed by atoms with Crippen molar-refractivity contribution in [3.63, 3.8) is 0 Å². The van der Waals surface area contributed by atoms with Crippen LogP contribution in [0.3, 0.4) is 0 Å². The number of rotatable bonds is 0. The molecule has 0 N–H and O–H groups in total. The first kappa shape index (κ1) is 10.7. The molecule has 0 aromatic heterocycles. The van der Waals surface area contributed by atoms with Gasteiger partial charge in [0.15, 0.2) is 0 Å². The van der Waals surface area contributed by atoms with Crippen LogP contribution in [0.2, 0.25) is 0 Å². The largest absolute Gasteiger partial charge is 0.0616 e. The minimum Gasteiger partial charge on any atom is -0.0616 e. The van der Waals surface area contributed by atoms with Crippen molar-refractivity contribution in [1.29, 1.82) is 0 Å². The molecule has 2 aromatic rings. The third-order valence-electron chi connectivity index (χ3n) is 2.59. The SMILES string of the molecule is Cc1c(I)c(I)c(C)c2ccccc12. The van der Waals surface area contributed by atoms with E-state index in [4.69, 9.17) is 0 Å². The Kier molecular flexibility index (Phi) is 3.02. The van der Waals surface area contributed by atoms with Crippen molar-refractivity contribution in [3.05, 3.63) is 42.5 Å². The molecule has 14 heavy (non-hydrogen) atoms. The molecule has 0 bridgehead atoms. The summed E-state index contributed by atoms with van der Waals surface area (Å²) in [6.07, 6.45) is 0. The van der Waals surface area contributed by atoms with Gasteiger partial charge in [-0.2, -0.15) is 0 Å². The number of hydrogen-bond acceptors (Lipinski definition) is 0. The van der Waals surface area contributed by atoms with Crippen LogP contribution in [0.25, 0.3) is 10.8 Å². The lowest BCUT2D eigenvalue weighted by atomic mass is 10.0. The highest BCUT2D eigenvalue weighted by atomic mass is 127. The van der Waals surface area contributed by atoms with Gasteiger partial charge in [-0.1, -0.05) is 24.3 Å². The quantitative estimate of drug-likeness (QED) is 0.557. The Morgan fingerprint density at radius 1 is 0.786 bits per heavy atom. The second-order valence-electron chi connectivity index (χ2n) is 3.42. The highest BCUT2D eigenvalue weighted by Gasteiger charge is 2.09. The maximum atomic E-state index is 2.44. The maximum Gasteiger partial charge on any atom is 0.0302 e. The molecule has 0 saturated heterocycles. The lowest BCUT2D eigenvalue weighted by Gasteiger charge is -2.11. The summed E-state index contributed by atoms with van der Waals surface area (Å²) in [5.74, 6) is 0. The Balaban J connectivity index is 3.02. The molecule has 2 aromatic carbocycles. The fourth-order valence-electron chi connectivity index (χ4n) is 1.70. The Morgan fingerprint density at radius 2 is 1.14 bits per heavy atom. The molecule has 0 atom stereocenters. The standard InChI is InChI=1S/C12H10I2/c1-7-9-5-3-4-6-10(9)8(2)12(14)11(7)13/h3-6H,1-2H3. The van der Waals surface area contributed by atoms with Crippen LogP contribution in [0.15, 0.2) is 24.3 Å². The third kappa shape index (κ3) is 1.56. The van der Waals surface area contributed by atoms with E-state index in [-0.39, 0.29) is 0 Å². The van der Waals surface area contributed by atoms with Gasteiger partial charge in [0.25, 0.3) is 0 Å². The highest BCUT2D eigenvalue weighted by Crippen LogP contribution is 2.31. The van der Waals surface area contributed by atoms with Gasteiger partial charge in [0.1, 0.15) is 0 Å². The zero-order valence-corrected chi connectivity index (χ0v) is 12.4. The summed E-state index contributed by atoms with van der Waals surface area (Å²) in [6, 6.07) is 8.63. The topological polar surface area (TPSA) is 0 Å². The molecule has 0 spiro atoms. The molecule has 0 amide bonds. The lowest BCUT2D eigenvalue weighted by Crippen LogP contribution is -1.93. The van der Waals surface area contributed by atoms with Crippen molar-refractivity contribution in [3.8, 4) is 0 Å². The van der Waals surface area contributed by atoms with E-state index in [1.807, 2.05) is 0 Å². The average Bonchev–Trinajstić information content (AvgIpc) is 2.23. The minimum atomic E-state index is 1.38. The van der Waals surface area contributed by atoms with Crippen molar-refractivity contribution in [2.24, 2.45) is 0 Å². The fraction of sp³-hybridized carbons (Fsp3) is 0.167. The second kappa shape index (κ2) is 3.96. The molecule has 0 aliphatic carbocycles. The van der Waals surface area contributed by atoms with Crippen LogP contribution < -0.4 is 0 Å². The van der Waals surface area contributed by atoms with E-state index in [0.717, 1.165) is 0 Å². The van der Waals surface area contributed by atoms with Crippen LogP contribution in [0.5, 0.6) is 0 Å². The molecule has 0 unspecified atom stereocenters. The number of aryl methyl sites for hydroxylation is 2. The Bertz CT molecular complexity index is 455. The van der Waals surface area contributed by atoms with Crippen LogP contribution in [-0.2, 0) is 0 Å². The third-order valence-corrected chi connectivity index (χ3v) is 6.32. The van der Waals surface area contributed by atoms with E-state index >= 15 is 0 Å². The summed E-state index contributed by atoms with van der Waals surface area (Å²) in [5.41, 5.74) is 2.80. The molecule has 72 valence electrons. The fourth-order valence-corrected chi connectivity index (χ4v) is 3.09. The number of benzene rings is 2. The van der Waals surface area contributed by atoms with Crippen molar-refractivity contribution >= 4 is 56.0 Å². The smallest absolute Gasteiger partial charge is 0.0302 e. The Labute approximate surface area is 111 Å². The lowest BCUT2D eigenvalue weighted by molar-refractivity contribution is 1.38. The summed E-state index contributed by atoms with van der Waals surface area (Å²) >= 11 is 4.87. The van der Waals surface area contributed by atoms with Gasteiger partial charge in [-0.3, -0.25) is 0 Å². The van der Waals surface area contributed by atoms with Crippen LogP contribution in [0, 0.1) is 21.0 Å². The van der Waals surface area contributed by atoms with Gasteiger partial charge in [-0.15, -0.1) is 0 Å². The van der Waals surface area contributed by atoms with E-state index in [2.05, 4.69) is 83.3 Å². The maximum absolute atomic E-state index is 2.44. The van der Waals surface area contributed by atoms with Crippen LogP contribution >= 0.6 is 45.2 Å². The normalized spacial score (nSPS) is 10.9. The van der Waals surface area contributed by atoms with Gasteiger partial charge in [0.2, 0.25) is 0 Å². The summed E-state index contributed by atoms with van der Waals surface area (Å²) < 4.78 is 2.78. The molecule has 0 aliphatic heterocycles. The molecule has 0 saturated carbocycles. The van der Waals surface area contributed by atoms with Gasteiger partial charge in [-0.05, 0) is 80.9 Å². The first-order valence-corrected chi connectivity index (χ1v) is 6.61. The first-order chi connectivity index (χ1) is 6.63. The molecule has 2 heteroatoms.